The lowest BCUT2D eigenvalue weighted by Crippen LogP contribution is -2.44. The average molecular weight is 759 g/mol. The first-order chi connectivity index (χ1) is 22.9. The van der Waals surface area contributed by atoms with Crippen molar-refractivity contribution in [2.45, 2.75) is 13.3 Å². The Morgan fingerprint density at radius 1 is 0.796 bits per heavy atom. The van der Waals surface area contributed by atoms with Crippen molar-refractivity contribution < 1.29 is 19.2 Å². The third-order valence-electron chi connectivity index (χ3n) is 7.34. The number of amides is 4. The molecule has 0 bridgehead atoms. The van der Waals surface area contributed by atoms with Crippen molar-refractivity contribution in [2.24, 2.45) is 37.6 Å². The van der Waals surface area contributed by atoms with E-state index in [-0.39, 0.29) is 49.0 Å². The summed E-state index contributed by atoms with van der Waals surface area (Å²) in [5.41, 5.74) is 17.5. The molecular weight excluding hydrogens is 718 g/mol. The highest BCUT2D eigenvalue weighted by Crippen LogP contribution is 2.22. The predicted molar refractivity (Wildman–Crippen MR) is 197 cm³/mol. The van der Waals surface area contributed by atoms with Crippen LogP contribution in [0, 0.1) is 0 Å². The fourth-order valence-electron chi connectivity index (χ4n) is 4.89. The van der Waals surface area contributed by atoms with Gasteiger partial charge in [0.1, 0.15) is 17.1 Å². The number of halogens is 2. The fraction of sp³-hybridized carbons (Fsp3) is 0.281. The van der Waals surface area contributed by atoms with Crippen molar-refractivity contribution in [1.82, 2.24) is 24.4 Å². The minimum absolute atomic E-state index is 0. The summed E-state index contributed by atoms with van der Waals surface area (Å²) in [6.45, 7) is 3.00. The van der Waals surface area contributed by atoms with Gasteiger partial charge in [-0.15, -0.1) is 12.4 Å². The Morgan fingerprint density at radius 3 is 1.86 bits per heavy atom. The van der Waals surface area contributed by atoms with Gasteiger partial charge in [0, 0.05) is 63.7 Å². The topological polar surface area (TPSA) is 199 Å². The molecule has 17 heteroatoms. The molecule has 8 N–H and O–H groups in total. The summed E-state index contributed by atoms with van der Waals surface area (Å²) in [5, 5.41) is 10.4. The monoisotopic (exact) mass is 757 g/mol. The molecule has 0 unspecified atom stereocenters. The first kappa shape index (κ1) is 38.4. The van der Waals surface area contributed by atoms with E-state index in [0.717, 1.165) is 12.0 Å². The highest BCUT2D eigenvalue weighted by molar-refractivity contribution is 9.09. The van der Waals surface area contributed by atoms with Crippen LogP contribution in [0.2, 0.25) is 0 Å². The van der Waals surface area contributed by atoms with Gasteiger partial charge in [-0.2, -0.15) is 0 Å². The van der Waals surface area contributed by atoms with Gasteiger partial charge in [0.15, 0.2) is 5.96 Å². The second-order valence-electron chi connectivity index (χ2n) is 10.9. The van der Waals surface area contributed by atoms with Crippen LogP contribution in [0.1, 0.15) is 54.3 Å². The van der Waals surface area contributed by atoms with E-state index in [4.69, 9.17) is 11.5 Å². The maximum atomic E-state index is 13.5. The lowest BCUT2D eigenvalue weighted by atomic mass is 10.1. The maximum Gasteiger partial charge on any atom is 0.272 e. The molecule has 0 aliphatic heterocycles. The van der Waals surface area contributed by atoms with Crippen LogP contribution in [-0.2, 0) is 27.6 Å². The molecule has 4 rings (SSSR count). The van der Waals surface area contributed by atoms with E-state index in [1.54, 1.807) is 83.8 Å². The van der Waals surface area contributed by atoms with Gasteiger partial charge in [0.2, 0.25) is 0 Å². The minimum Gasteiger partial charge on any atom is -0.370 e. The molecule has 262 valence electrons. The number of guanidine groups is 1. The summed E-state index contributed by atoms with van der Waals surface area (Å²) in [4.78, 5) is 56.4. The summed E-state index contributed by atoms with van der Waals surface area (Å²) >= 11 is 3.39. The van der Waals surface area contributed by atoms with Gasteiger partial charge in [-0.25, -0.2) is 10.4 Å². The number of aromatic nitrogens is 3. The number of nitrogens with two attached hydrogens (primary N) is 2. The van der Waals surface area contributed by atoms with Crippen molar-refractivity contribution in [3.63, 3.8) is 0 Å². The molecule has 15 nitrogen and oxygen atoms in total. The van der Waals surface area contributed by atoms with Crippen molar-refractivity contribution in [3.05, 3.63) is 89.3 Å². The lowest BCUT2D eigenvalue weighted by Gasteiger charge is -2.22. The quantitative estimate of drug-likeness (QED) is 0.0374. The molecule has 4 aromatic rings. The van der Waals surface area contributed by atoms with E-state index in [2.05, 4.69) is 42.3 Å². The van der Waals surface area contributed by atoms with E-state index >= 15 is 0 Å². The maximum absolute atomic E-state index is 13.5. The number of alkyl halides is 1. The summed E-state index contributed by atoms with van der Waals surface area (Å²) < 4.78 is 4.79. The number of nitrogens with one attached hydrogen (secondary N) is 4. The number of hydrogen-bond acceptors (Lipinski definition) is 6. The molecule has 3 aromatic heterocycles. The third-order valence-corrected chi connectivity index (χ3v) is 7.74. The molecule has 0 saturated heterocycles. The summed E-state index contributed by atoms with van der Waals surface area (Å²) in [6.07, 6.45) is 5.78. The van der Waals surface area contributed by atoms with Gasteiger partial charge < -0.3 is 41.1 Å². The van der Waals surface area contributed by atoms with E-state index in [9.17, 15) is 19.2 Å². The fourth-order valence-corrected chi connectivity index (χ4v) is 5.07. The number of aryl methyl sites for hydroxylation is 4. The molecule has 4 amide bonds. The second-order valence-corrected chi connectivity index (χ2v) is 11.7. The van der Waals surface area contributed by atoms with Gasteiger partial charge in [0.25, 0.3) is 23.6 Å². The number of hydrogen-bond donors (Lipinski definition) is 6. The zero-order valence-electron chi connectivity index (χ0n) is 27.6. The molecule has 0 spiro atoms. The lowest BCUT2D eigenvalue weighted by molar-refractivity contribution is 0.0943. The van der Waals surface area contributed by atoms with Crippen LogP contribution in [0.4, 0.5) is 17.1 Å². The normalized spacial score (nSPS) is 10.6. The van der Waals surface area contributed by atoms with Gasteiger partial charge in [-0.05, 0) is 42.3 Å². The molecule has 49 heavy (non-hydrogen) atoms. The van der Waals surface area contributed by atoms with Crippen LogP contribution < -0.4 is 37.9 Å². The number of anilines is 3. The summed E-state index contributed by atoms with van der Waals surface area (Å²) in [5.74, 6) is -1.55. The molecular formula is C32H41BrClN11O4. The van der Waals surface area contributed by atoms with Crippen molar-refractivity contribution in [2.75, 3.05) is 40.6 Å². The number of aliphatic imine (C=N–C) groups is 1. The summed E-state index contributed by atoms with van der Waals surface area (Å²) in [7, 11) is 5.07. The number of nitrogens with zero attached hydrogens (tertiary/aromatic N) is 5. The first-order valence-corrected chi connectivity index (χ1v) is 16.2. The Kier molecular flexibility index (Phi) is 13.6. The molecule has 0 fully saturated rings. The van der Waals surface area contributed by atoms with Gasteiger partial charge in [-0.1, -0.05) is 35.0 Å². The van der Waals surface area contributed by atoms with Gasteiger partial charge in [-0.3, -0.25) is 24.2 Å². The summed E-state index contributed by atoms with van der Waals surface area (Å²) in [6, 6.07) is 12.1. The zero-order chi connectivity index (χ0) is 35.0. The van der Waals surface area contributed by atoms with Gasteiger partial charge >= 0.3 is 0 Å². The largest absolute Gasteiger partial charge is 0.370 e. The molecule has 0 aliphatic rings. The Balaban J connectivity index is 0.00000650. The number of carbonyl (C=O) groups excluding carboxylic acids is 4. The predicted octanol–water partition coefficient (Wildman–Crippen LogP) is 2.74. The van der Waals surface area contributed by atoms with Gasteiger partial charge in [0.05, 0.1) is 23.6 Å². The second kappa shape index (κ2) is 17.4. The van der Waals surface area contributed by atoms with Crippen LogP contribution in [0.5, 0.6) is 0 Å². The molecule has 1 aromatic carbocycles. The Hall–Kier alpha value is -5.06. The zero-order valence-corrected chi connectivity index (χ0v) is 30.0. The minimum atomic E-state index is -0.441. The van der Waals surface area contributed by atoms with Crippen LogP contribution in [0.3, 0.4) is 0 Å². The molecule has 3 heterocycles. The Bertz CT molecular complexity index is 1820. The van der Waals surface area contributed by atoms with Crippen LogP contribution in [0.15, 0.2) is 66.0 Å². The third kappa shape index (κ3) is 9.74. The van der Waals surface area contributed by atoms with E-state index in [0.29, 0.717) is 45.9 Å². The first-order valence-electron chi connectivity index (χ1n) is 15.1. The van der Waals surface area contributed by atoms with Crippen LogP contribution in [0.25, 0.3) is 0 Å². The molecule has 0 radical (unpaired) electrons. The molecule has 0 atom stereocenters. The van der Waals surface area contributed by atoms with Crippen molar-refractivity contribution >= 4 is 75.0 Å². The van der Waals surface area contributed by atoms with E-state index in [1.807, 2.05) is 19.1 Å². The van der Waals surface area contributed by atoms with E-state index < -0.39 is 11.8 Å². The molecule has 0 aliphatic carbocycles. The molecule has 0 saturated carbocycles. The standard InChI is InChI=1S/C32H40BrN11O4.ClH/c1-5-20-6-8-21(9-7-20)31(48)44(38-11-10-33)24-16-27(43(4)19-24)30(47)40-23-15-26(42(3)18-23)29(46)39-22-14-25(41(2)17-22)28(45)36-12-13-37-32(34)35;/h6-9,14-19,38H,5,10-13H2,1-4H3,(H,36,45)(H,39,46)(H,40,47)(H4,34,35,37);1H. The van der Waals surface area contributed by atoms with Crippen molar-refractivity contribution in [1.29, 1.82) is 0 Å². The highest BCUT2D eigenvalue weighted by atomic mass is 79.9. The highest BCUT2D eigenvalue weighted by Gasteiger charge is 2.23. The van der Waals surface area contributed by atoms with Crippen molar-refractivity contribution in [3.8, 4) is 0 Å². The SMILES string of the molecule is CCc1ccc(C(=O)N(NCCBr)c2cc(C(=O)Nc3cc(C(=O)Nc4cc(C(=O)NCCN=C(N)N)n(C)c4)n(C)c3)n(C)c2)cc1.Cl. The number of carbonyl (C=O) groups is 4. The number of rotatable bonds is 14. The van der Waals surface area contributed by atoms with Crippen LogP contribution >= 0.6 is 28.3 Å². The number of benzene rings is 1. The number of hydrazine groups is 1. The average Bonchev–Trinajstić information content (AvgIpc) is 3.74. The van der Waals surface area contributed by atoms with E-state index in [1.165, 1.54) is 5.01 Å². The Morgan fingerprint density at radius 2 is 1.33 bits per heavy atom. The Labute approximate surface area is 298 Å². The smallest absolute Gasteiger partial charge is 0.272 e. The van der Waals surface area contributed by atoms with Crippen LogP contribution in [-0.4, -0.2) is 68.3 Å².